The van der Waals surface area contributed by atoms with Gasteiger partial charge in [-0.25, -0.2) is 5.10 Å². The number of phenolic OH excluding ortho intramolecular Hbond substituents is 1. The number of hydrogen-bond donors (Lipinski definition) is 2. The summed E-state index contributed by atoms with van der Waals surface area (Å²) >= 11 is 9.67. The van der Waals surface area contributed by atoms with E-state index in [2.05, 4.69) is 15.3 Å². The fourth-order valence-corrected chi connectivity index (χ4v) is 1.57. The second kappa shape index (κ2) is 5.06. The van der Waals surface area contributed by atoms with Crippen molar-refractivity contribution in [2.75, 3.05) is 0 Å². The maximum absolute atomic E-state index is 13.0. The molecule has 2 rings (SSSR count). The van der Waals surface area contributed by atoms with Crippen molar-refractivity contribution in [3.8, 4) is 5.75 Å². The van der Waals surface area contributed by atoms with E-state index in [4.69, 9.17) is 28.9 Å². The zero-order valence-electron chi connectivity index (χ0n) is 9.22. The van der Waals surface area contributed by atoms with Gasteiger partial charge in [0.1, 0.15) is 5.75 Å². The van der Waals surface area contributed by atoms with E-state index in [9.17, 15) is 8.78 Å². The third-order valence-corrected chi connectivity index (χ3v) is 2.55. The number of halogens is 3. The van der Waals surface area contributed by atoms with Gasteiger partial charge in [-0.15, -0.1) is 5.10 Å². The summed E-state index contributed by atoms with van der Waals surface area (Å²) in [5, 5.41) is 14.7. The minimum Gasteiger partial charge on any atom is -0.508 e. The van der Waals surface area contributed by atoms with Crippen LogP contribution in [0.1, 0.15) is 11.4 Å². The number of benzene rings is 1. The van der Waals surface area contributed by atoms with Crippen LogP contribution in [0, 0.1) is 4.77 Å². The third kappa shape index (κ3) is 3.15. The lowest BCUT2D eigenvalue weighted by molar-refractivity contribution is 0.0805. The van der Waals surface area contributed by atoms with Crippen molar-refractivity contribution in [1.82, 2.24) is 14.9 Å². The maximum Gasteiger partial charge on any atom is 0.383 e. The highest BCUT2D eigenvalue weighted by atomic mass is 35.5. The molecule has 0 amide bonds. The van der Waals surface area contributed by atoms with Crippen LogP contribution in [0.5, 0.6) is 5.75 Å². The first-order valence-corrected chi connectivity index (χ1v) is 5.74. The summed E-state index contributed by atoms with van der Waals surface area (Å²) in [5.41, 5.74) is 0.588. The van der Waals surface area contributed by atoms with E-state index in [0.717, 1.165) is 4.68 Å². The van der Waals surface area contributed by atoms with Crippen molar-refractivity contribution < 1.29 is 13.9 Å². The van der Waals surface area contributed by atoms with Crippen LogP contribution in [0.3, 0.4) is 0 Å². The molecule has 1 aromatic carbocycles. The van der Waals surface area contributed by atoms with Crippen molar-refractivity contribution in [3.05, 3.63) is 40.4 Å². The zero-order valence-corrected chi connectivity index (χ0v) is 10.8. The first-order valence-electron chi connectivity index (χ1n) is 4.96. The molecule has 0 bridgehead atoms. The van der Waals surface area contributed by atoms with Crippen molar-refractivity contribution in [1.29, 1.82) is 0 Å². The van der Waals surface area contributed by atoms with Crippen LogP contribution in [0.2, 0.25) is 0 Å². The molecule has 19 heavy (non-hydrogen) atoms. The first kappa shape index (κ1) is 13.6. The molecular weight excluding hydrogens is 298 g/mol. The largest absolute Gasteiger partial charge is 0.508 e. The van der Waals surface area contributed by atoms with Gasteiger partial charge in [0.2, 0.25) is 10.6 Å². The van der Waals surface area contributed by atoms with Crippen LogP contribution in [-0.4, -0.2) is 26.2 Å². The number of hydrogen-bond acceptors (Lipinski definition) is 4. The second-order valence-electron chi connectivity index (χ2n) is 3.50. The Morgan fingerprint density at radius 2 is 2.05 bits per heavy atom. The van der Waals surface area contributed by atoms with Crippen LogP contribution in [-0.2, 0) is 5.38 Å². The van der Waals surface area contributed by atoms with Gasteiger partial charge in [-0.05, 0) is 53.6 Å². The van der Waals surface area contributed by atoms with Gasteiger partial charge < -0.3 is 5.11 Å². The number of aromatic hydroxyl groups is 1. The third-order valence-electron chi connectivity index (χ3n) is 2.12. The molecule has 0 saturated carbocycles. The fraction of sp³-hybridized carbons (Fsp3) is 0.100. The maximum atomic E-state index is 13.0. The Balaban J connectivity index is 2.36. The number of aromatic amines is 1. The highest BCUT2D eigenvalue weighted by molar-refractivity contribution is 7.71. The molecule has 0 unspecified atom stereocenters. The minimum atomic E-state index is -3.68. The molecular formula is C10H7ClF2N4OS. The van der Waals surface area contributed by atoms with Crippen LogP contribution in [0.25, 0.3) is 0 Å². The number of nitrogens with zero attached hydrogens (tertiary/aromatic N) is 3. The summed E-state index contributed by atoms with van der Waals surface area (Å²) in [6, 6.07) is 5.99. The first-order chi connectivity index (χ1) is 8.88. The summed E-state index contributed by atoms with van der Waals surface area (Å²) in [5.74, 6) is -0.709. The molecule has 0 aliphatic heterocycles. The minimum absolute atomic E-state index is 0.0880. The molecule has 0 spiro atoms. The predicted octanol–water partition coefficient (Wildman–Crippen LogP) is 2.82. The summed E-state index contributed by atoms with van der Waals surface area (Å²) in [4.78, 5) is 0. The highest BCUT2D eigenvalue weighted by Gasteiger charge is 2.34. The molecule has 0 atom stereocenters. The number of H-pyrrole nitrogens is 1. The average Bonchev–Trinajstić information content (AvgIpc) is 2.70. The lowest BCUT2D eigenvalue weighted by atomic mass is 10.2. The number of rotatable bonds is 3. The van der Waals surface area contributed by atoms with Gasteiger partial charge in [0.05, 0.1) is 6.21 Å². The van der Waals surface area contributed by atoms with Gasteiger partial charge in [0.15, 0.2) is 0 Å². The second-order valence-corrected chi connectivity index (χ2v) is 4.36. The van der Waals surface area contributed by atoms with Gasteiger partial charge in [-0.1, -0.05) is 0 Å². The predicted molar refractivity (Wildman–Crippen MR) is 68.3 cm³/mol. The molecule has 0 aliphatic rings. The van der Waals surface area contributed by atoms with Gasteiger partial charge in [0, 0.05) is 0 Å². The molecule has 9 heteroatoms. The summed E-state index contributed by atoms with van der Waals surface area (Å²) in [6.07, 6.45) is 1.29. The zero-order chi connectivity index (χ0) is 14.0. The summed E-state index contributed by atoms with van der Waals surface area (Å²) < 4.78 is 26.7. The average molecular weight is 305 g/mol. The summed E-state index contributed by atoms with van der Waals surface area (Å²) in [7, 11) is 0. The normalized spacial score (nSPS) is 12.2. The van der Waals surface area contributed by atoms with E-state index >= 15 is 0 Å². The molecule has 2 aromatic rings. The van der Waals surface area contributed by atoms with Gasteiger partial charge >= 0.3 is 5.38 Å². The lowest BCUT2D eigenvalue weighted by Crippen LogP contribution is -2.11. The Kier molecular flexibility index (Phi) is 3.63. The molecule has 100 valence electrons. The molecule has 1 aromatic heterocycles. The van der Waals surface area contributed by atoms with E-state index in [1.807, 2.05) is 0 Å². The number of aromatic nitrogens is 3. The van der Waals surface area contributed by atoms with E-state index in [1.165, 1.54) is 18.3 Å². The van der Waals surface area contributed by atoms with E-state index in [-0.39, 0.29) is 10.5 Å². The Morgan fingerprint density at radius 1 is 1.42 bits per heavy atom. The highest BCUT2D eigenvalue weighted by Crippen LogP contribution is 2.30. The van der Waals surface area contributed by atoms with Crippen LogP contribution in [0.4, 0.5) is 8.78 Å². The fourth-order valence-electron chi connectivity index (χ4n) is 1.27. The van der Waals surface area contributed by atoms with Gasteiger partial charge in [-0.2, -0.15) is 18.6 Å². The monoisotopic (exact) mass is 304 g/mol. The summed E-state index contributed by atoms with van der Waals surface area (Å²) in [6.45, 7) is 0. The van der Waals surface area contributed by atoms with Crippen LogP contribution >= 0.6 is 23.8 Å². The van der Waals surface area contributed by atoms with Gasteiger partial charge in [0.25, 0.3) is 0 Å². The SMILES string of the molecule is Oc1ccc(/C=N/n2c(C(F)(F)Cl)n[nH]c2=S)cc1. The van der Waals surface area contributed by atoms with Crippen molar-refractivity contribution in [2.24, 2.45) is 5.10 Å². The molecule has 0 fully saturated rings. The number of nitrogens with one attached hydrogen (secondary N) is 1. The Hall–Kier alpha value is -1.80. The van der Waals surface area contributed by atoms with Crippen molar-refractivity contribution >= 4 is 30.0 Å². The molecule has 2 N–H and O–H groups in total. The Morgan fingerprint density at radius 3 is 2.63 bits per heavy atom. The van der Waals surface area contributed by atoms with Crippen LogP contribution < -0.4 is 0 Å². The number of phenols is 1. The van der Waals surface area contributed by atoms with Gasteiger partial charge in [-0.3, -0.25) is 0 Å². The van der Waals surface area contributed by atoms with Crippen molar-refractivity contribution in [3.63, 3.8) is 0 Å². The number of alkyl halides is 3. The molecule has 1 heterocycles. The molecule has 0 saturated heterocycles. The smallest absolute Gasteiger partial charge is 0.383 e. The quantitative estimate of drug-likeness (QED) is 0.520. The molecule has 0 aliphatic carbocycles. The van der Waals surface area contributed by atoms with E-state index in [0.29, 0.717) is 5.56 Å². The lowest BCUT2D eigenvalue weighted by Gasteiger charge is -2.05. The Bertz CT molecular complexity index is 659. The van der Waals surface area contributed by atoms with E-state index in [1.54, 1.807) is 12.1 Å². The van der Waals surface area contributed by atoms with Crippen molar-refractivity contribution in [2.45, 2.75) is 5.38 Å². The van der Waals surface area contributed by atoms with E-state index < -0.39 is 11.2 Å². The molecule has 5 nitrogen and oxygen atoms in total. The Labute approximate surface area is 116 Å². The van der Waals surface area contributed by atoms with Crippen LogP contribution in [0.15, 0.2) is 29.4 Å². The topological polar surface area (TPSA) is 66.2 Å². The molecule has 0 radical (unpaired) electrons. The standard InChI is InChI=1S/C10H7ClF2N4OS/c11-10(12,13)8-15-16-9(19)17(8)14-5-6-1-3-7(18)4-2-6/h1-5,18H,(H,16,19)/b14-5+.